The first kappa shape index (κ1) is 14.1. The van der Waals surface area contributed by atoms with Crippen molar-refractivity contribution in [2.75, 3.05) is 14.2 Å². The minimum absolute atomic E-state index is 0.831. The Hall–Kier alpha value is -2.88. The molecule has 0 atom stereocenters. The summed E-state index contributed by atoms with van der Waals surface area (Å²) in [6, 6.07) is 17.9. The third-order valence-electron chi connectivity index (χ3n) is 3.39. The van der Waals surface area contributed by atoms with Crippen molar-refractivity contribution in [3.8, 4) is 22.7 Å². The average molecular weight is 291 g/mol. The van der Waals surface area contributed by atoms with Gasteiger partial charge in [0.15, 0.2) is 0 Å². The van der Waals surface area contributed by atoms with Crippen LogP contribution in [0.3, 0.4) is 0 Å². The topological polar surface area (TPSA) is 39.4 Å². The number of hydrogen-bond donors (Lipinski definition) is 0. The fraction of sp³-hybridized carbons (Fsp3) is 0.111. The van der Waals surface area contributed by atoms with E-state index in [0.29, 0.717) is 0 Å². The van der Waals surface area contributed by atoms with Gasteiger partial charge in [-0.3, -0.25) is 4.99 Å². The van der Waals surface area contributed by atoms with Gasteiger partial charge in [0.05, 0.1) is 12.8 Å². The van der Waals surface area contributed by atoms with Crippen molar-refractivity contribution in [2.45, 2.75) is 0 Å². The van der Waals surface area contributed by atoms with Gasteiger partial charge in [-0.05, 0) is 36.4 Å². The molecule has 1 heterocycles. The maximum absolute atomic E-state index is 5.21. The standard InChI is InChI=1S/C18H17N3O/c1-19-12-15-13-21(16-6-4-3-5-7-16)20-18(15)14-8-10-17(22-2)11-9-14/h3-13H,1-2H3. The molecule has 0 spiro atoms. The van der Waals surface area contributed by atoms with Crippen LogP contribution in [0, 0.1) is 0 Å². The lowest BCUT2D eigenvalue weighted by atomic mass is 10.1. The Morgan fingerprint density at radius 1 is 1.05 bits per heavy atom. The van der Waals surface area contributed by atoms with Gasteiger partial charge in [-0.15, -0.1) is 0 Å². The highest BCUT2D eigenvalue weighted by Gasteiger charge is 2.10. The average Bonchev–Trinajstić information content (AvgIpc) is 3.00. The van der Waals surface area contributed by atoms with Crippen LogP contribution >= 0.6 is 0 Å². The van der Waals surface area contributed by atoms with Crippen molar-refractivity contribution in [3.05, 3.63) is 66.4 Å². The van der Waals surface area contributed by atoms with E-state index in [-0.39, 0.29) is 0 Å². The van der Waals surface area contributed by atoms with Crippen LogP contribution < -0.4 is 4.74 Å². The Balaban J connectivity index is 2.07. The Labute approximate surface area is 129 Å². The van der Waals surface area contributed by atoms with Crippen LogP contribution in [-0.2, 0) is 0 Å². The van der Waals surface area contributed by atoms with Gasteiger partial charge in [0.2, 0.25) is 0 Å². The van der Waals surface area contributed by atoms with E-state index >= 15 is 0 Å². The molecular formula is C18H17N3O. The predicted octanol–water partition coefficient (Wildman–Crippen LogP) is 3.60. The number of ether oxygens (including phenoxy) is 1. The van der Waals surface area contributed by atoms with E-state index in [9.17, 15) is 0 Å². The highest BCUT2D eigenvalue weighted by Crippen LogP contribution is 2.24. The van der Waals surface area contributed by atoms with Gasteiger partial charge >= 0.3 is 0 Å². The number of para-hydroxylation sites is 1. The normalized spacial score (nSPS) is 11.0. The van der Waals surface area contributed by atoms with Crippen molar-refractivity contribution >= 4 is 6.21 Å². The van der Waals surface area contributed by atoms with Gasteiger partial charge in [0.1, 0.15) is 11.4 Å². The highest BCUT2D eigenvalue weighted by molar-refractivity contribution is 5.88. The first-order valence-corrected chi connectivity index (χ1v) is 7.03. The van der Waals surface area contributed by atoms with Crippen LogP contribution in [0.5, 0.6) is 5.75 Å². The molecule has 0 saturated heterocycles. The van der Waals surface area contributed by atoms with E-state index in [4.69, 9.17) is 9.84 Å². The second-order valence-electron chi connectivity index (χ2n) is 4.83. The van der Waals surface area contributed by atoms with Crippen molar-refractivity contribution in [1.82, 2.24) is 9.78 Å². The zero-order valence-electron chi connectivity index (χ0n) is 12.6. The molecule has 0 bridgehead atoms. The van der Waals surface area contributed by atoms with E-state index < -0.39 is 0 Å². The third-order valence-corrected chi connectivity index (χ3v) is 3.39. The predicted molar refractivity (Wildman–Crippen MR) is 89.1 cm³/mol. The van der Waals surface area contributed by atoms with Crippen LogP contribution in [0.25, 0.3) is 16.9 Å². The molecule has 0 saturated carbocycles. The number of benzene rings is 2. The lowest BCUT2D eigenvalue weighted by Gasteiger charge is -2.02. The minimum Gasteiger partial charge on any atom is -0.497 e. The molecule has 3 rings (SSSR count). The molecule has 0 amide bonds. The SMILES string of the molecule is CN=Cc1cn(-c2ccccc2)nc1-c1ccc(OC)cc1. The van der Waals surface area contributed by atoms with E-state index in [1.54, 1.807) is 14.2 Å². The maximum Gasteiger partial charge on any atom is 0.118 e. The fourth-order valence-electron chi connectivity index (χ4n) is 2.31. The second kappa shape index (κ2) is 6.26. The van der Waals surface area contributed by atoms with Gasteiger partial charge in [0, 0.05) is 30.6 Å². The van der Waals surface area contributed by atoms with E-state index in [2.05, 4.69) is 4.99 Å². The zero-order chi connectivity index (χ0) is 15.4. The molecule has 0 radical (unpaired) electrons. The molecule has 22 heavy (non-hydrogen) atoms. The maximum atomic E-state index is 5.21. The molecule has 4 nitrogen and oxygen atoms in total. The number of aliphatic imine (C=N–C) groups is 1. The summed E-state index contributed by atoms with van der Waals surface area (Å²) in [4.78, 5) is 4.13. The Kier molecular flexibility index (Phi) is 4.01. The lowest BCUT2D eigenvalue weighted by molar-refractivity contribution is 0.415. The summed E-state index contributed by atoms with van der Waals surface area (Å²) in [6.07, 6.45) is 3.81. The number of nitrogens with zero attached hydrogens (tertiary/aromatic N) is 3. The third kappa shape index (κ3) is 2.76. The Bertz CT molecular complexity index is 774. The monoisotopic (exact) mass is 291 g/mol. The van der Waals surface area contributed by atoms with Crippen LogP contribution in [0.2, 0.25) is 0 Å². The molecule has 110 valence electrons. The quantitative estimate of drug-likeness (QED) is 0.689. The summed E-state index contributed by atoms with van der Waals surface area (Å²) in [7, 11) is 3.42. The van der Waals surface area contributed by atoms with Crippen molar-refractivity contribution < 1.29 is 4.74 Å². The van der Waals surface area contributed by atoms with Crippen molar-refractivity contribution in [3.63, 3.8) is 0 Å². The number of rotatable bonds is 4. The van der Waals surface area contributed by atoms with Gasteiger partial charge in [0.25, 0.3) is 0 Å². The van der Waals surface area contributed by atoms with E-state index in [1.165, 1.54) is 0 Å². The molecule has 2 aromatic carbocycles. The molecule has 0 aliphatic rings. The van der Waals surface area contributed by atoms with Gasteiger partial charge in [-0.25, -0.2) is 4.68 Å². The minimum atomic E-state index is 0.831. The molecule has 0 aliphatic carbocycles. The summed E-state index contributed by atoms with van der Waals surface area (Å²) in [5.74, 6) is 0.831. The largest absolute Gasteiger partial charge is 0.497 e. The summed E-state index contributed by atoms with van der Waals surface area (Å²) in [5.41, 5.74) is 3.94. The molecule has 0 aliphatic heterocycles. The van der Waals surface area contributed by atoms with Gasteiger partial charge < -0.3 is 4.74 Å². The molecule has 0 fully saturated rings. The first-order valence-electron chi connectivity index (χ1n) is 7.03. The zero-order valence-corrected chi connectivity index (χ0v) is 12.6. The number of hydrogen-bond acceptors (Lipinski definition) is 3. The van der Waals surface area contributed by atoms with E-state index in [0.717, 1.165) is 28.3 Å². The summed E-state index contributed by atoms with van der Waals surface area (Å²) in [6.45, 7) is 0. The summed E-state index contributed by atoms with van der Waals surface area (Å²) < 4.78 is 7.08. The Morgan fingerprint density at radius 2 is 1.77 bits per heavy atom. The van der Waals surface area contributed by atoms with Crippen LogP contribution in [0.1, 0.15) is 5.56 Å². The molecule has 4 heteroatoms. The fourth-order valence-corrected chi connectivity index (χ4v) is 2.31. The van der Waals surface area contributed by atoms with Crippen molar-refractivity contribution in [1.29, 1.82) is 0 Å². The number of methoxy groups -OCH3 is 1. The van der Waals surface area contributed by atoms with E-state index in [1.807, 2.05) is 71.7 Å². The summed E-state index contributed by atoms with van der Waals surface area (Å²) in [5, 5.41) is 4.71. The summed E-state index contributed by atoms with van der Waals surface area (Å²) >= 11 is 0. The molecule has 0 N–H and O–H groups in total. The Morgan fingerprint density at radius 3 is 2.41 bits per heavy atom. The molecular weight excluding hydrogens is 274 g/mol. The molecule has 0 unspecified atom stereocenters. The second-order valence-corrected chi connectivity index (χ2v) is 4.83. The van der Waals surface area contributed by atoms with Gasteiger partial charge in [-0.1, -0.05) is 18.2 Å². The number of aromatic nitrogens is 2. The highest BCUT2D eigenvalue weighted by atomic mass is 16.5. The van der Waals surface area contributed by atoms with Crippen LogP contribution in [0.15, 0.2) is 65.8 Å². The smallest absolute Gasteiger partial charge is 0.118 e. The lowest BCUT2D eigenvalue weighted by Crippen LogP contribution is -1.94. The first-order chi connectivity index (χ1) is 10.8. The van der Waals surface area contributed by atoms with Crippen molar-refractivity contribution in [2.24, 2.45) is 4.99 Å². The molecule has 3 aromatic rings. The van der Waals surface area contributed by atoms with Crippen LogP contribution in [0.4, 0.5) is 0 Å². The van der Waals surface area contributed by atoms with Crippen LogP contribution in [-0.4, -0.2) is 30.2 Å². The molecule has 1 aromatic heterocycles. The van der Waals surface area contributed by atoms with Gasteiger partial charge in [-0.2, -0.15) is 5.10 Å².